The highest BCUT2D eigenvalue weighted by Gasteiger charge is 1.98. The van der Waals surface area contributed by atoms with E-state index in [-0.39, 0.29) is 0 Å². The van der Waals surface area contributed by atoms with Crippen LogP contribution < -0.4 is 9.47 Å². The van der Waals surface area contributed by atoms with Gasteiger partial charge < -0.3 is 9.47 Å². The molecule has 0 aliphatic carbocycles. The van der Waals surface area contributed by atoms with Gasteiger partial charge in [0.05, 0.1) is 24.6 Å². The Hall–Kier alpha value is -2.01. The Balaban J connectivity index is 1.70. The number of azo groups is 1. The SMILES string of the molecule is CCCCCCOc1ccc(N=Nc2ccc(OCCCCCCS)cc2)cc1. The summed E-state index contributed by atoms with van der Waals surface area (Å²) in [6.07, 6.45) is 9.51. The van der Waals surface area contributed by atoms with Crippen LogP contribution in [-0.4, -0.2) is 19.0 Å². The number of hydrogen-bond acceptors (Lipinski definition) is 5. The number of unbranched alkanes of at least 4 members (excludes halogenated alkanes) is 6. The lowest BCUT2D eigenvalue weighted by molar-refractivity contribution is 0.305. The van der Waals surface area contributed by atoms with Crippen molar-refractivity contribution in [1.29, 1.82) is 0 Å². The molecule has 0 N–H and O–H groups in total. The number of thiol groups is 1. The zero-order valence-corrected chi connectivity index (χ0v) is 18.4. The Morgan fingerprint density at radius 2 is 1.07 bits per heavy atom. The summed E-state index contributed by atoms with van der Waals surface area (Å²) in [6.45, 7) is 3.73. The van der Waals surface area contributed by atoms with Gasteiger partial charge in [-0.2, -0.15) is 22.9 Å². The van der Waals surface area contributed by atoms with E-state index in [4.69, 9.17) is 9.47 Å². The van der Waals surface area contributed by atoms with E-state index < -0.39 is 0 Å². The molecule has 0 aliphatic heterocycles. The van der Waals surface area contributed by atoms with Gasteiger partial charge in [0.15, 0.2) is 0 Å². The number of hydrogen-bond donors (Lipinski definition) is 1. The maximum absolute atomic E-state index is 5.77. The first kappa shape index (κ1) is 23.3. The third-order valence-electron chi connectivity index (χ3n) is 4.54. The van der Waals surface area contributed by atoms with Gasteiger partial charge in [-0.1, -0.05) is 39.0 Å². The van der Waals surface area contributed by atoms with Crippen LogP contribution in [0, 0.1) is 0 Å². The molecular formula is C24H34N2O2S. The Bertz CT molecular complexity index is 687. The Kier molecular flexibility index (Phi) is 12.0. The molecule has 0 unspecified atom stereocenters. The van der Waals surface area contributed by atoms with E-state index in [1.165, 1.54) is 38.5 Å². The highest BCUT2D eigenvalue weighted by atomic mass is 32.1. The van der Waals surface area contributed by atoms with Crippen molar-refractivity contribution in [2.24, 2.45) is 10.2 Å². The van der Waals surface area contributed by atoms with Crippen LogP contribution in [0.5, 0.6) is 11.5 Å². The minimum Gasteiger partial charge on any atom is -0.494 e. The monoisotopic (exact) mass is 414 g/mol. The highest BCUT2D eigenvalue weighted by Crippen LogP contribution is 2.23. The Morgan fingerprint density at radius 3 is 1.52 bits per heavy atom. The first-order valence-corrected chi connectivity index (χ1v) is 11.4. The fourth-order valence-electron chi connectivity index (χ4n) is 2.81. The summed E-state index contributed by atoms with van der Waals surface area (Å²) in [5, 5.41) is 8.59. The Morgan fingerprint density at radius 1 is 0.621 bits per heavy atom. The van der Waals surface area contributed by atoms with Crippen LogP contribution in [0.2, 0.25) is 0 Å². The van der Waals surface area contributed by atoms with Crippen molar-refractivity contribution in [1.82, 2.24) is 0 Å². The number of rotatable bonds is 15. The molecule has 0 aliphatic rings. The normalized spacial score (nSPS) is 11.1. The van der Waals surface area contributed by atoms with Gasteiger partial charge >= 0.3 is 0 Å². The first-order valence-electron chi connectivity index (χ1n) is 10.8. The molecule has 2 aromatic carbocycles. The zero-order chi connectivity index (χ0) is 20.6. The smallest absolute Gasteiger partial charge is 0.119 e. The van der Waals surface area contributed by atoms with E-state index in [1.54, 1.807) is 0 Å². The minimum absolute atomic E-state index is 0.750. The third-order valence-corrected chi connectivity index (χ3v) is 4.86. The molecule has 158 valence electrons. The molecule has 0 bridgehead atoms. The van der Waals surface area contributed by atoms with Gasteiger partial charge in [-0.25, -0.2) is 0 Å². The minimum atomic E-state index is 0.750. The largest absolute Gasteiger partial charge is 0.494 e. The summed E-state index contributed by atoms with van der Waals surface area (Å²) < 4.78 is 11.5. The van der Waals surface area contributed by atoms with Gasteiger partial charge in [0.1, 0.15) is 11.5 Å². The average molecular weight is 415 g/mol. The summed E-state index contributed by atoms with van der Waals surface area (Å²) in [6, 6.07) is 15.5. The molecule has 0 radical (unpaired) electrons. The van der Waals surface area contributed by atoms with Crippen LogP contribution in [0.3, 0.4) is 0 Å². The number of benzene rings is 2. The van der Waals surface area contributed by atoms with Gasteiger partial charge in [0.2, 0.25) is 0 Å². The summed E-state index contributed by atoms with van der Waals surface area (Å²) in [7, 11) is 0. The molecule has 0 spiro atoms. The predicted molar refractivity (Wildman–Crippen MR) is 125 cm³/mol. The van der Waals surface area contributed by atoms with Crippen LogP contribution in [-0.2, 0) is 0 Å². The second kappa shape index (κ2) is 14.9. The van der Waals surface area contributed by atoms with Crippen LogP contribution in [0.1, 0.15) is 58.3 Å². The summed E-state index contributed by atoms with van der Waals surface area (Å²) in [5.41, 5.74) is 1.62. The molecular weight excluding hydrogens is 380 g/mol. The van der Waals surface area contributed by atoms with Gasteiger partial charge in [0, 0.05) is 0 Å². The quantitative estimate of drug-likeness (QED) is 0.183. The zero-order valence-electron chi connectivity index (χ0n) is 17.6. The van der Waals surface area contributed by atoms with Crippen LogP contribution in [0.15, 0.2) is 58.8 Å². The molecule has 0 saturated heterocycles. The van der Waals surface area contributed by atoms with Crippen molar-refractivity contribution in [3.63, 3.8) is 0 Å². The lowest BCUT2D eigenvalue weighted by Gasteiger charge is -2.06. The van der Waals surface area contributed by atoms with E-state index in [0.29, 0.717) is 0 Å². The molecule has 0 amide bonds. The maximum atomic E-state index is 5.77. The molecule has 0 atom stereocenters. The first-order chi connectivity index (χ1) is 14.3. The maximum Gasteiger partial charge on any atom is 0.119 e. The van der Waals surface area contributed by atoms with Gasteiger partial charge in [-0.15, -0.1) is 0 Å². The van der Waals surface area contributed by atoms with Crippen molar-refractivity contribution in [3.8, 4) is 11.5 Å². The van der Waals surface area contributed by atoms with Crippen molar-refractivity contribution in [3.05, 3.63) is 48.5 Å². The van der Waals surface area contributed by atoms with Crippen LogP contribution in [0.25, 0.3) is 0 Å². The lowest BCUT2D eigenvalue weighted by Crippen LogP contribution is -1.97. The topological polar surface area (TPSA) is 43.2 Å². The number of ether oxygens (including phenoxy) is 2. The molecule has 0 aromatic heterocycles. The van der Waals surface area contributed by atoms with Crippen molar-refractivity contribution in [2.45, 2.75) is 58.3 Å². The van der Waals surface area contributed by atoms with Crippen molar-refractivity contribution in [2.75, 3.05) is 19.0 Å². The average Bonchev–Trinajstić information content (AvgIpc) is 2.76. The number of nitrogens with zero attached hydrogens (tertiary/aromatic N) is 2. The van der Waals surface area contributed by atoms with Gasteiger partial charge in [-0.3, -0.25) is 0 Å². The van der Waals surface area contributed by atoms with Crippen molar-refractivity contribution >= 4 is 24.0 Å². The fraction of sp³-hybridized carbons (Fsp3) is 0.500. The van der Waals surface area contributed by atoms with E-state index in [9.17, 15) is 0 Å². The van der Waals surface area contributed by atoms with Crippen molar-refractivity contribution < 1.29 is 9.47 Å². The van der Waals surface area contributed by atoms with E-state index in [1.807, 2.05) is 48.5 Å². The molecule has 4 nitrogen and oxygen atoms in total. The molecule has 0 heterocycles. The lowest BCUT2D eigenvalue weighted by atomic mass is 10.2. The highest BCUT2D eigenvalue weighted by molar-refractivity contribution is 7.80. The summed E-state index contributed by atoms with van der Waals surface area (Å²) in [4.78, 5) is 0. The summed E-state index contributed by atoms with van der Waals surface area (Å²) in [5.74, 6) is 2.72. The summed E-state index contributed by atoms with van der Waals surface area (Å²) >= 11 is 4.23. The molecule has 29 heavy (non-hydrogen) atoms. The molecule has 0 saturated carbocycles. The second-order valence-electron chi connectivity index (χ2n) is 7.08. The van der Waals surface area contributed by atoms with E-state index >= 15 is 0 Å². The molecule has 2 aromatic rings. The third kappa shape index (κ3) is 10.4. The molecule has 5 heteroatoms. The second-order valence-corrected chi connectivity index (χ2v) is 7.53. The fourth-order valence-corrected chi connectivity index (χ4v) is 3.03. The van der Waals surface area contributed by atoms with E-state index in [2.05, 4.69) is 29.8 Å². The molecule has 2 rings (SSSR count). The molecule has 0 fully saturated rings. The van der Waals surface area contributed by atoms with E-state index in [0.717, 1.165) is 54.7 Å². The van der Waals surface area contributed by atoms with Gasteiger partial charge in [-0.05, 0) is 73.5 Å². The van der Waals surface area contributed by atoms with Crippen LogP contribution in [0.4, 0.5) is 11.4 Å². The van der Waals surface area contributed by atoms with Gasteiger partial charge in [0.25, 0.3) is 0 Å². The predicted octanol–water partition coefficient (Wildman–Crippen LogP) is 7.93. The van der Waals surface area contributed by atoms with Crippen LogP contribution >= 0.6 is 12.6 Å². The standard InChI is InChI=1S/C24H34N2O2S/c1-2-3-4-7-18-27-23-14-10-21(11-15-23)25-26-22-12-16-24(17-13-22)28-19-8-5-6-9-20-29/h10-17,29H,2-9,18-20H2,1H3. The Labute approximate surface area is 181 Å².